The zero-order valence-corrected chi connectivity index (χ0v) is 14.7. The fourth-order valence-corrected chi connectivity index (χ4v) is 3.42. The molecule has 0 aliphatic rings. The molecular formula is C18H16O7S. The summed E-state index contributed by atoms with van der Waals surface area (Å²) < 4.78 is 23.4. The van der Waals surface area contributed by atoms with Gasteiger partial charge in [0.1, 0.15) is 12.2 Å². The number of carboxylic acids is 1. The van der Waals surface area contributed by atoms with Gasteiger partial charge in [0.2, 0.25) is 5.43 Å². The number of hydrogen-bond donors (Lipinski definition) is 2. The predicted molar refractivity (Wildman–Crippen MR) is 96.5 cm³/mol. The number of fused-ring (bicyclic) bond motifs is 2. The van der Waals surface area contributed by atoms with Gasteiger partial charge >= 0.3 is 5.97 Å². The Kier molecular flexibility index (Phi) is 5.06. The Bertz CT molecular complexity index is 1080. The van der Waals surface area contributed by atoms with Gasteiger partial charge in [-0.05, 0) is 24.3 Å². The number of ether oxygens (including phenoxy) is 1. The van der Waals surface area contributed by atoms with Gasteiger partial charge in [0.25, 0.3) is 0 Å². The van der Waals surface area contributed by atoms with E-state index in [0.29, 0.717) is 10.6 Å². The molecule has 0 saturated carbocycles. The van der Waals surface area contributed by atoms with Crippen molar-refractivity contribution in [1.29, 1.82) is 0 Å². The highest BCUT2D eigenvalue weighted by Crippen LogP contribution is 2.30. The highest BCUT2D eigenvalue weighted by Gasteiger charge is 2.17. The van der Waals surface area contributed by atoms with Crippen molar-refractivity contribution in [2.75, 3.05) is 19.0 Å². The molecule has 0 saturated heterocycles. The first-order valence-electron chi connectivity index (χ1n) is 7.86. The van der Waals surface area contributed by atoms with Crippen LogP contribution in [0, 0.1) is 0 Å². The SMILES string of the molecule is CCS(=O)c1cc(OCCO)c2oc3ccc(C(=O)O)cc3c(=O)c2c1. The molecule has 2 N–H and O–H groups in total. The maximum atomic E-state index is 12.9. The van der Waals surface area contributed by atoms with Crippen LogP contribution in [0.2, 0.25) is 0 Å². The van der Waals surface area contributed by atoms with Crippen molar-refractivity contribution in [2.45, 2.75) is 11.8 Å². The summed E-state index contributed by atoms with van der Waals surface area (Å²) in [6, 6.07) is 7.00. The molecule has 0 spiro atoms. The van der Waals surface area contributed by atoms with E-state index in [-0.39, 0.29) is 46.5 Å². The molecule has 1 aromatic heterocycles. The number of aliphatic hydroxyl groups is 1. The molecule has 1 heterocycles. The first-order valence-corrected chi connectivity index (χ1v) is 9.18. The quantitative estimate of drug-likeness (QED) is 0.634. The van der Waals surface area contributed by atoms with Gasteiger partial charge in [-0.25, -0.2) is 4.79 Å². The number of aromatic carboxylic acids is 1. The van der Waals surface area contributed by atoms with Crippen LogP contribution in [-0.2, 0) is 10.8 Å². The van der Waals surface area contributed by atoms with Gasteiger partial charge in [0.05, 0.1) is 33.7 Å². The van der Waals surface area contributed by atoms with Crippen LogP contribution >= 0.6 is 0 Å². The van der Waals surface area contributed by atoms with Gasteiger partial charge < -0.3 is 19.4 Å². The van der Waals surface area contributed by atoms with E-state index in [1.54, 1.807) is 6.92 Å². The molecular weight excluding hydrogens is 360 g/mol. The lowest BCUT2D eigenvalue weighted by Gasteiger charge is -2.11. The number of hydrogen-bond acceptors (Lipinski definition) is 6. The summed E-state index contributed by atoms with van der Waals surface area (Å²) in [7, 11) is -1.33. The summed E-state index contributed by atoms with van der Waals surface area (Å²) in [6.07, 6.45) is 0. The molecule has 0 fully saturated rings. The fraction of sp³-hybridized carbons (Fsp3) is 0.222. The zero-order valence-electron chi connectivity index (χ0n) is 13.9. The highest BCUT2D eigenvalue weighted by molar-refractivity contribution is 7.85. The van der Waals surface area contributed by atoms with E-state index in [2.05, 4.69) is 0 Å². The number of carboxylic acid groups (broad SMARTS) is 1. The number of rotatable bonds is 6. The van der Waals surface area contributed by atoms with Gasteiger partial charge in [-0.3, -0.25) is 9.00 Å². The van der Waals surface area contributed by atoms with E-state index in [9.17, 15) is 13.8 Å². The van der Waals surface area contributed by atoms with E-state index >= 15 is 0 Å². The molecule has 0 amide bonds. The molecule has 2 aromatic carbocycles. The van der Waals surface area contributed by atoms with E-state index < -0.39 is 22.2 Å². The minimum absolute atomic E-state index is 0.0169. The van der Waals surface area contributed by atoms with Gasteiger partial charge in [0, 0.05) is 16.7 Å². The summed E-state index contributed by atoms with van der Waals surface area (Å²) >= 11 is 0. The number of benzene rings is 2. The van der Waals surface area contributed by atoms with Crippen LogP contribution in [0.3, 0.4) is 0 Å². The topological polar surface area (TPSA) is 114 Å². The first-order chi connectivity index (χ1) is 12.5. The lowest BCUT2D eigenvalue weighted by atomic mass is 10.1. The average Bonchev–Trinajstić information content (AvgIpc) is 2.65. The van der Waals surface area contributed by atoms with E-state index in [0.717, 1.165) is 0 Å². The minimum atomic E-state index is -1.33. The average molecular weight is 376 g/mol. The zero-order chi connectivity index (χ0) is 18.8. The summed E-state index contributed by atoms with van der Waals surface area (Å²) in [5.41, 5.74) is -0.0936. The van der Waals surface area contributed by atoms with Crippen LogP contribution in [0.15, 0.2) is 44.4 Å². The largest absolute Gasteiger partial charge is 0.487 e. The third-order valence-electron chi connectivity index (χ3n) is 3.83. The maximum absolute atomic E-state index is 12.9. The molecule has 1 unspecified atom stereocenters. The fourth-order valence-electron chi connectivity index (χ4n) is 2.60. The normalized spacial score (nSPS) is 12.4. The van der Waals surface area contributed by atoms with Gasteiger partial charge in [0.15, 0.2) is 11.3 Å². The second-order valence-corrected chi connectivity index (χ2v) is 7.19. The molecule has 26 heavy (non-hydrogen) atoms. The highest BCUT2D eigenvalue weighted by atomic mass is 32.2. The van der Waals surface area contributed by atoms with Crippen LogP contribution in [-0.4, -0.2) is 39.4 Å². The van der Waals surface area contributed by atoms with Crippen molar-refractivity contribution in [3.63, 3.8) is 0 Å². The minimum Gasteiger partial charge on any atom is -0.487 e. The molecule has 136 valence electrons. The Labute approximate surface area is 150 Å². The van der Waals surface area contributed by atoms with E-state index in [4.69, 9.17) is 19.4 Å². The van der Waals surface area contributed by atoms with Crippen LogP contribution in [0.1, 0.15) is 17.3 Å². The summed E-state index contributed by atoms with van der Waals surface area (Å²) in [5, 5.41) is 18.4. The number of aliphatic hydroxyl groups excluding tert-OH is 1. The second-order valence-electron chi connectivity index (χ2n) is 5.45. The summed E-state index contributed by atoms with van der Waals surface area (Å²) in [4.78, 5) is 24.4. The van der Waals surface area contributed by atoms with Crippen LogP contribution in [0.25, 0.3) is 21.9 Å². The van der Waals surface area contributed by atoms with Crippen molar-refractivity contribution in [1.82, 2.24) is 0 Å². The standard InChI is InChI=1S/C18H16O7S/c1-2-26(23)11-8-13-16(20)12-7-10(18(21)22)3-4-14(12)25-17(13)15(9-11)24-6-5-19/h3-4,7-9,19H,2,5-6H2,1H3,(H,21,22). The number of carbonyl (C=O) groups is 1. The monoisotopic (exact) mass is 376 g/mol. The third kappa shape index (κ3) is 3.21. The van der Waals surface area contributed by atoms with E-state index in [1.807, 2.05) is 0 Å². The van der Waals surface area contributed by atoms with Crippen molar-refractivity contribution in [3.05, 3.63) is 46.1 Å². The summed E-state index contributed by atoms with van der Waals surface area (Å²) in [6.45, 7) is 1.50. The van der Waals surface area contributed by atoms with Crippen molar-refractivity contribution >= 4 is 38.7 Å². The van der Waals surface area contributed by atoms with Crippen molar-refractivity contribution in [3.8, 4) is 5.75 Å². The van der Waals surface area contributed by atoms with Crippen LogP contribution in [0.5, 0.6) is 5.75 Å². The molecule has 0 aliphatic heterocycles. The van der Waals surface area contributed by atoms with Gasteiger partial charge in [-0.1, -0.05) is 6.92 Å². The Morgan fingerprint density at radius 3 is 2.65 bits per heavy atom. The Hall–Kier alpha value is -2.71. The molecule has 7 nitrogen and oxygen atoms in total. The first kappa shape index (κ1) is 18.1. The molecule has 3 rings (SSSR count). The molecule has 0 aliphatic carbocycles. The molecule has 0 bridgehead atoms. The van der Waals surface area contributed by atoms with Crippen LogP contribution < -0.4 is 10.2 Å². The Morgan fingerprint density at radius 2 is 2.00 bits per heavy atom. The van der Waals surface area contributed by atoms with E-state index in [1.165, 1.54) is 30.3 Å². The van der Waals surface area contributed by atoms with Crippen molar-refractivity contribution < 1.29 is 28.4 Å². The second kappa shape index (κ2) is 7.27. The van der Waals surface area contributed by atoms with Gasteiger partial charge in [-0.15, -0.1) is 0 Å². The predicted octanol–water partition coefficient (Wildman–Crippen LogP) is 2.14. The Morgan fingerprint density at radius 1 is 1.23 bits per heavy atom. The molecule has 1 atom stereocenters. The van der Waals surface area contributed by atoms with Gasteiger partial charge in [-0.2, -0.15) is 0 Å². The maximum Gasteiger partial charge on any atom is 0.335 e. The third-order valence-corrected chi connectivity index (χ3v) is 5.12. The molecule has 8 heteroatoms. The summed E-state index contributed by atoms with van der Waals surface area (Å²) in [5.74, 6) is -0.596. The Balaban J connectivity index is 2.37. The van der Waals surface area contributed by atoms with Crippen LogP contribution in [0.4, 0.5) is 0 Å². The molecule has 0 radical (unpaired) electrons. The molecule has 3 aromatic rings. The smallest absolute Gasteiger partial charge is 0.335 e. The lowest BCUT2D eigenvalue weighted by Crippen LogP contribution is -2.08. The lowest BCUT2D eigenvalue weighted by molar-refractivity contribution is 0.0697. The van der Waals surface area contributed by atoms with Crippen molar-refractivity contribution in [2.24, 2.45) is 0 Å².